The van der Waals surface area contributed by atoms with Crippen LogP contribution in [0.3, 0.4) is 0 Å². The van der Waals surface area contributed by atoms with Gasteiger partial charge in [0, 0.05) is 34.0 Å². The van der Waals surface area contributed by atoms with Crippen molar-refractivity contribution in [2.45, 2.75) is 111 Å². The number of nitrogens with zero attached hydrogens (tertiary/aromatic N) is 2. The van der Waals surface area contributed by atoms with Crippen molar-refractivity contribution in [2.24, 2.45) is 33.7 Å². The van der Waals surface area contributed by atoms with Crippen LogP contribution in [0.4, 0.5) is 29.7 Å². The number of nitrogens with one attached hydrogen (secondary N) is 2. The fourth-order valence-corrected chi connectivity index (χ4v) is 10.1. The molecule has 292 valence electrons. The molecule has 6 rings (SSSR count). The minimum atomic E-state index is -0.686. The number of nitrogens with two attached hydrogens (primary N) is 2. The Bertz CT molecular complexity index is 1620. The summed E-state index contributed by atoms with van der Waals surface area (Å²) >= 11 is 2.97. The van der Waals surface area contributed by atoms with Crippen LogP contribution in [0.2, 0.25) is 0 Å². The van der Waals surface area contributed by atoms with Crippen LogP contribution in [0, 0.1) is 35.3 Å². The standard InChI is InChI=1S/2C19H26FN3O2S.CH4/c2*1-11-7-12-10-26-16(22-17(24)25-18(2,3)4)23-19(12,9-11)14-8-13(21)5-6-15(14)20;/h2*5-6,8,11-12H,7,9-10,21H2,1-4H3,(H,22,23,24);1H4/t2*11-,12-,19-;/m10./s1. The van der Waals surface area contributed by atoms with E-state index in [-0.39, 0.29) is 30.9 Å². The Kier molecular flexibility index (Phi) is 12.8. The van der Waals surface area contributed by atoms with Crippen LogP contribution in [0.15, 0.2) is 46.4 Å². The zero-order chi connectivity index (χ0) is 38.2. The number of nitrogen functional groups attached to an aromatic ring is 2. The van der Waals surface area contributed by atoms with Crippen molar-refractivity contribution in [2.75, 3.05) is 23.0 Å². The number of ether oxygens (including phenoxy) is 2. The molecule has 6 atom stereocenters. The first kappa shape index (κ1) is 42.2. The Labute approximate surface area is 321 Å². The van der Waals surface area contributed by atoms with Crippen LogP contribution < -0.4 is 22.1 Å². The molecule has 2 aliphatic heterocycles. The molecule has 0 aromatic heterocycles. The molecule has 53 heavy (non-hydrogen) atoms. The summed E-state index contributed by atoms with van der Waals surface area (Å²) in [4.78, 5) is 33.9. The summed E-state index contributed by atoms with van der Waals surface area (Å²) in [5.74, 6) is 2.21. The second-order valence-corrected chi connectivity index (χ2v) is 18.5. The lowest BCUT2D eigenvalue weighted by Crippen LogP contribution is -2.42. The number of hydrogen-bond acceptors (Lipinski definition) is 10. The molecule has 2 fully saturated rings. The Hall–Kier alpha value is -3.52. The maximum atomic E-state index is 14.7. The highest BCUT2D eigenvalue weighted by molar-refractivity contribution is 8.14. The third kappa shape index (κ3) is 9.97. The molecule has 0 radical (unpaired) electrons. The lowest BCUT2D eigenvalue weighted by molar-refractivity contribution is 0.0552. The van der Waals surface area contributed by atoms with Crippen LogP contribution in [-0.4, -0.2) is 45.2 Å². The Morgan fingerprint density at radius 1 is 0.736 bits per heavy atom. The van der Waals surface area contributed by atoms with Crippen LogP contribution in [0.25, 0.3) is 0 Å². The predicted molar refractivity (Wildman–Crippen MR) is 214 cm³/mol. The topological polar surface area (TPSA) is 153 Å². The maximum Gasteiger partial charge on any atom is 0.413 e. The van der Waals surface area contributed by atoms with E-state index in [9.17, 15) is 18.4 Å². The molecule has 14 heteroatoms. The molecule has 2 aromatic carbocycles. The molecule has 0 spiro atoms. The average molecular weight is 775 g/mol. The number of hydrogen-bond donors (Lipinski definition) is 4. The van der Waals surface area contributed by atoms with E-state index < -0.39 is 34.5 Å². The Morgan fingerprint density at radius 2 is 1.09 bits per heavy atom. The Balaban J connectivity index is 0.000000232. The number of halogens is 2. The van der Waals surface area contributed by atoms with Crippen molar-refractivity contribution >= 4 is 57.4 Å². The van der Waals surface area contributed by atoms with Crippen LogP contribution in [-0.2, 0) is 20.6 Å². The van der Waals surface area contributed by atoms with E-state index in [0.717, 1.165) is 37.2 Å². The van der Waals surface area contributed by atoms with Gasteiger partial charge in [-0.1, -0.05) is 44.8 Å². The van der Waals surface area contributed by atoms with Crippen molar-refractivity contribution in [1.29, 1.82) is 0 Å². The van der Waals surface area contributed by atoms with E-state index in [1.54, 1.807) is 65.8 Å². The van der Waals surface area contributed by atoms with Gasteiger partial charge in [-0.3, -0.25) is 20.6 Å². The SMILES string of the molecule is C.C[C@@H]1C[C@@H]2CSC(NC(=O)OC(C)(C)C)=N[C@]2(c2cc(N)ccc2F)C1.C[C@H]1C[C@H]2CSC(NC(=O)OC(C)(C)C)=N[C@@]2(c2cc(N)ccc2F)C1. The number of rotatable bonds is 2. The van der Waals surface area contributed by atoms with Gasteiger partial charge in [0.05, 0.1) is 11.1 Å². The van der Waals surface area contributed by atoms with Crippen molar-refractivity contribution in [3.8, 4) is 0 Å². The van der Waals surface area contributed by atoms with Gasteiger partial charge in [0.25, 0.3) is 0 Å². The summed E-state index contributed by atoms with van der Waals surface area (Å²) in [6.07, 6.45) is 2.33. The van der Waals surface area contributed by atoms with E-state index in [2.05, 4.69) is 24.5 Å². The highest BCUT2D eigenvalue weighted by Gasteiger charge is 2.52. The number of aliphatic imine (C=N–C) groups is 2. The molecule has 2 heterocycles. The maximum absolute atomic E-state index is 14.7. The minimum Gasteiger partial charge on any atom is -0.444 e. The summed E-state index contributed by atoms with van der Waals surface area (Å²) in [5.41, 5.74) is 11.4. The summed E-state index contributed by atoms with van der Waals surface area (Å²) < 4.78 is 40.0. The van der Waals surface area contributed by atoms with Crippen molar-refractivity contribution in [3.05, 3.63) is 59.2 Å². The molecule has 2 aliphatic carbocycles. The second kappa shape index (κ2) is 16.1. The molecule has 2 amide bonds. The molecule has 2 saturated carbocycles. The largest absolute Gasteiger partial charge is 0.444 e. The van der Waals surface area contributed by atoms with Gasteiger partial charge in [-0.25, -0.2) is 18.4 Å². The number of amides is 2. The number of thioether (sulfide) groups is 2. The molecule has 4 aliphatic rings. The zero-order valence-corrected chi connectivity index (χ0v) is 32.9. The van der Waals surface area contributed by atoms with Gasteiger partial charge >= 0.3 is 12.2 Å². The molecule has 10 nitrogen and oxygen atoms in total. The number of carbonyl (C=O) groups excluding carboxylic acids is 2. The quantitative estimate of drug-likeness (QED) is 0.220. The summed E-state index contributed by atoms with van der Waals surface area (Å²) in [5, 5.41) is 6.42. The first-order chi connectivity index (χ1) is 24.2. The lowest BCUT2D eigenvalue weighted by atomic mass is 9.81. The van der Waals surface area contributed by atoms with Crippen molar-refractivity contribution in [3.63, 3.8) is 0 Å². The number of anilines is 2. The third-order valence-electron chi connectivity index (χ3n) is 9.62. The van der Waals surface area contributed by atoms with Gasteiger partial charge in [-0.2, -0.15) is 0 Å². The number of amidine groups is 2. The fraction of sp³-hybridized carbons (Fsp3) is 0.590. The van der Waals surface area contributed by atoms with E-state index in [0.29, 0.717) is 44.7 Å². The van der Waals surface area contributed by atoms with Gasteiger partial charge in [0.15, 0.2) is 10.3 Å². The molecular formula is C39H56F2N6O4S2. The highest BCUT2D eigenvalue weighted by Crippen LogP contribution is 2.55. The number of fused-ring (bicyclic) bond motifs is 2. The molecule has 6 N–H and O–H groups in total. The van der Waals surface area contributed by atoms with E-state index in [1.165, 1.54) is 35.7 Å². The lowest BCUT2D eigenvalue weighted by Gasteiger charge is -2.37. The first-order valence-corrected chi connectivity index (χ1v) is 19.7. The summed E-state index contributed by atoms with van der Waals surface area (Å²) in [6, 6.07) is 9.29. The number of benzene rings is 2. The average Bonchev–Trinajstić information content (AvgIpc) is 3.53. The van der Waals surface area contributed by atoms with Gasteiger partial charge < -0.3 is 20.9 Å². The smallest absolute Gasteiger partial charge is 0.413 e. The summed E-state index contributed by atoms with van der Waals surface area (Å²) in [7, 11) is 0. The third-order valence-corrected chi connectivity index (χ3v) is 11.7. The Morgan fingerprint density at radius 3 is 1.43 bits per heavy atom. The molecule has 0 saturated heterocycles. The number of alkyl carbamates (subject to hydrolysis) is 2. The summed E-state index contributed by atoms with van der Waals surface area (Å²) in [6.45, 7) is 15.2. The van der Waals surface area contributed by atoms with E-state index >= 15 is 0 Å². The first-order valence-electron chi connectivity index (χ1n) is 17.7. The minimum absolute atomic E-state index is 0. The predicted octanol–water partition coefficient (Wildman–Crippen LogP) is 9.19. The fourth-order valence-electron chi connectivity index (χ4n) is 7.83. The van der Waals surface area contributed by atoms with Gasteiger partial charge in [0.2, 0.25) is 0 Å². The van der Waals surface area contributed by atoms with Gasteiger partial charge in [0.1, 0.15) is 22.8 Å². The van der Waals surface area contributed by atoms with E-state index in [1.807, 2.05) is 0 Å². The normalized spacial score (nSPS) is 27.7. The van der Waals surface area contributed by atoms with Gasteiger partial charge in [-0.05, 0) is 127 Å². The molecular weight excluding hydrogens is 719 g/mol. The van der Waals surface area contributed by atoms with Crippen molar-refractivity contribution in [1.82, 2.24) is 10.6 Å². The monoisotopic (exact) mass is 774 g/mol. The van der Waals surface area contributed by atoms with Gasteiger partial charge in [-0.15, -0.1) is 0 Å². The van der Waals surface area contributed by atoms with Crippen LogP contribution in [0.5, 0.6) is 0 Å². The molecule has 0 unspecified atom stereocenters. The zero-order valence-electron chi connectivity index (χ0n) is 31.3. The number of carbonyl (C=O) groups is 2. The van der Waals surface area contributed by atoms with E-state index in [4.69, 9.17) is 30.9 Å². The molecule has 2 aromatic rings. The van der Waals surface area contributed by atoms with Crippen LogP contribution >= 0.6 is 23.5 Å². The van der Waals surface area contributed by atoms with Crippen molar-refractivity contribution < 1.29 is 27.8 Å². The van der Waals surface area contributed by atoms with Crippen LogP contribution in [0.1, 0.15) is 99.6 Å². The second-order valence-electron chi connectivity index (χ2n) is 16.5. The highest BCUT2D eigenvalue weighted by atomic mass is 32.2. The molecule has 0 bridgehead atoms.